The molecule has 0 atom stereocenters. The fourth-order valence-electron chi connectivity index (χ4n) is 4.53. The van der Waals surface area contributed by atoms with E-state index in [0.29, 0.717) is 29.5 Å². The van der Waals surface area contributed by atoms with Gasteiger partial charge in [-0.1, -0.05) is 36.5 Å². The van der Waals surface area contributed by atoms with Crippen molar-refractivity contribution in [2.75, 3.05) is 5.32 Å². The summed E-state index contributed by atoms with van der Waals surface area (Å²) in [5, 5.41) is 16.5. The van der Waals surface area contributed by atoms with Crippen LogP contribution in [0.15, 0.2) is 77.9 Å². The first-order chi connectivity index (χ1) is 17.6. The number of ether oxygens (including phenoxy) is 1. The molecular formula is C27H20FN5O2S. The van der Waals surface area contributed by atoms with E-state index < -0.39 is 0 Å². The lowest BCUT2D eigenvalue weighted by Crippen LogP contribution is -2.16. The van der Waals surface area contributed by atoms with E-state index in [2.05, 4.69) is 20.6 Å². The maximum Gasteiger partial charge on any atom is 0.254 e. The third kappa shape index (κ3) is 3.83. The number of carbonyl (C=O) groups is 1. The van der Waals surface area contributed by atoms with Gasteiger partial charge in [-0.15, -0.1) is 10.2 Å². The molecule has 1 N–H and O–H groups in total. The van der Waals surface area contributed by atoms with Crippen molar-refractivity contribution in [3.63, 3.8) is 0 Å². The van der Waals surface area contributed by atoms with Crippen LogP contribution < -0.4 is 10.1 Å². The lowest BCUT2D eigenvalue weighted by Gasteiger charge is -2.16. The lowest BCUT2D eigenvalue weighted by atomic mass is 9.88. The van der Waals surface area contributed by atoms with E-state index in [0.717, 1.165) is 38.9 Å². The van der Waals surface area contributed by atoms with Crippen LogP contribution in [-0.4, -0.2) is 25.9 Å². The summed E-state index contributed by atoms with van der Waals surface area (Å²) in [6.45, 7) is 2.29. The largest absolute Gasteiger partial charge is 0.488 e. The van der Waals surface area contributed by atoms with Gasteiger partial charge in [-0.25, -0.2) is 9.07 Å². The molecule has 0 saturated heterocycles. The first-order valence-electron chi connectivity index (χ1n) is 11.4. The van der Waals surface area contributed by atoms with E-state index in [1.54, 1.807) is 28.5 Å². The summed E-state index contributed by atoms with van der Waals surface area (Å²) in [6, 6.07) is 18.0. The Morgan fingerprint density at radius 3 is 2.75 bits per heavy atom. The molecule has 0 aliphatic carbocycles. The van der Waals surface area contributed by atoms with Gasteiger partial charge in [0.05, 0.1) is 17.4 Å². The summed E-state index contributed by atoms with van der Waals surface area (Å²) in [5.74, 6) is 0.181. The molecule has 6 rings (SSSR count). The third-order valence-electron chi connectivity index (χ3n) is 6.18. The first kappa shape index (κ1) is 22.1. The summed E-state index contributed by atoms with van der Waals surface area (Å²) in [5.41, 5.74) is 7.33. The summed E-state index contributed by atoms with van der Waals surface area (Å²) < 4.78 is 21.5. The molecule has 178 valence electrons. The van der Waals surface area contributed by atoms with Crippen molar-refractivity contribution in [3.05, 3.63) is 100 Å². The van der Waals surface area contributed by atoms with Gasteiger partial charge in [0, 0.05) is 22.1 Å². The predicted molar refractivity (Wildman–Crippen MR) is 137 cm³/mol. The molecule has 0 fully saturated rings. The van der Waals surface area contributed by atoms with Gasteiger partial charge < -0.3 is 4.74 Å². The average molecular weight is 498 g/mol. The van der Waals surface area contributed by atoms with Crippen LogP contribution in [-0.2, 0) is 11.4 Å². The number of amides is 1. The molecule has 9 heteroatoms. The summed E-state index contributed by atoms with van der Waals surface area (Å²) in [6.07, 6.45) is 2.28. The maximum atomic E-state index is 13.5. The van der Waals surface area contributed by atoms with E-state index in [9.17, 15) is 9.18 Å². The monoisotopic (exact) mass is 497 g/mol. The Morgan fingerprint density at radius 2 is 1.97 bits per heavy atom. The van der Waals surface area contributed by atoms with Gasteiger partial charge in [0.2, 0.25) is 5.13 Å². The zero-order valence-corrected chi connectivity index (χ0v) is 20.1. The molecule has 0 spiro atoms. The van der Waals surface area contributed by atoms with Gasteiger partial charge in [0.25, 0.3) is 5.91 Å². The molecule has 36 heavy (non-hydrogen) atoms. The van der Waals surface area contributed by atoms with Gasteiger partial charge >= 0.3 is 0 Å². The maximum absolute atomic E-state index is 13.5. The number of para-hydroxylation sites is 1. The molecule has 3 aromatic carbocycles. The molecule has 0 bridgehead atoms. The Hall–Kier alpha value is -4.37. The number of fused-ring (bicyclic) bond motifs is 3. The second kappa shape index (κ2) is 9.01. The van der Waals surface area contributed by atoms with Crippen LogP contribution in [0.3, 0.4) is 0 Å². The second-order valence-electron chi connectivity index (χ2n) is 8.29. The first-order valence-corrected chi connectivity index (χ1v) is 12.3. The van der Waals surface area contributed by atoms with Crippen LogP contribution in [0.2, 0.25) is 0 Å². The van der Waals surface area contributed by atoms with Crippen LogP contribution in [0.1, 0.15) is 30.0 Å². The van der Waals surface area contributed by atoms with Crippen molar-refractivity contribution in [1.29, 1.82) is 0 Å². The number of carbonyl (C=O) groups excluding carboxylic acids is 1. The number of benzene rings is 3. The third-order valence-corrected chi connectivity index (χ3v) is 6.79. The summed E-state index contributed by atoms with van der Waals surface area (Å²) in [7, 11) is 0. The Balaban J connectivity index is 1.56. The topological polar surface area (TPSA) is 81.9 Å². The highest BCUT2D eigenvalue weighted by atomic mass is 32.1. The fraction of sp³-hybridized carbons (Fsp3) is 0.111. The van der Waals surface area contributed by atoms with Crippen molar-refractivity contribution in [1.82, 2.24) is 20.0 Å². The molecule has 1 aliphatic heterocycles. The molecule has 0 unspecified atom stereocenters. The molecular weight excluding hydrogens is 477 g/mol. The SMILES string of the molecule is CCC(C(=O)Nc1nncs1)=C1c2cc3cnn(-c4ccc(F)cc4)c3cc2COc2ccccc21. The highest BCUT2D eigenvalue weighted by Crippen LogP contribution is 2.41. The van der Waals surface area contributed by atoms with Crippen LogP contribution in [0.25, 0.3) is 22.2 Å². The summed E-state index contributed by atoms with van der Waals surface area (Å²) in [4.78, 5) is 13.4. The molecule has 0 radical (unpaired) electrons. The smallest absolute Gasteiger partial charge is 0.254 e. The Bertz CT molecular complexity index is 1620. The number of nitrogens with one attached hydrogen (secondary N) is 1. The van der Waals surface area contributed by atoms with Crippen LogP contribution in [0, 0.1) is 5.82 Å². The number of aromatic nitrogens is 4. The van der Waals surface area contributed by atoms with Gasteiger partial charge in [0.1, 0.15) is 23.7 Å². The minimum Gasteiger partial charge on any atom is -0.488 e. The van der Waals surface area contributed by atoms with E-state index in [1.165, 1.54) is 23.5 Å². The number of anilines is 1. The predicted octanol–water partition coefficient (Wildman–Crippen LogP) is 5.76. The van der Waals surface area contributed by atoms with Gasteiger partial charge in [-0.3, -0.25) is 10.1 Å². The number of halogens is 1. The number of rotatable bonds is 4. The van der Waals surface area contributed by atoms with Gasteiger partial charge in [-0.05, 0) is 60.0 Å². The quantitative estimate of drug-likeness (QED) is 0.319. The van der Waals surface area contributed by atoms with Crippen LogP contribution in [0.4, 0.5) is 9.52 Å². The number of nitrogens with zero attached hydrogens (tertiary/aromatic N) is 4. The second-order valence-corrected chi connectivity index (χ2v) is 9.12. The van der Waals surface area contributed by atoms with Crippen molar-refractivity contribution >= 4 is 38.9 Å². The molecule has 5 aromatic rings. The van der Waals surface area contributed by atoms with Crippen LogP contribution >= 0.6 is 11.3 Å². The number of hydrogen-bond acceptors (Lipinski definition) is 6. The van der Waals surface area contributed by atoms with E-state index >= 15 is 0 Å². The lowest BCUT2D eigenvalue weighted by molar-refractivity contribution is -0.112. The van der Waals surface area contributed by atoms with E-state index in [-0.39, 0.29) is 11.7 Å². The van der Waals surface area contributed by atoms with E-state index in [4.69, 9.17) is 4.74 Å². The molecule has 3 heterocycles. The van der Waals surface area contributed by atoms with Crippen molar-refractivity contribution in [2.24, 2.45) is 0 Å². The van der Waals surface area contributed by atoms with Crippen LogP contribution in [0.5, 0.6) is 5.75 Å². The zero-order chi connectivity index (χ0) is 24.6. The molecule has 1 amide bonds. The Morgan fingerprint density at radius 1 is 1.14 bits per heavy atom. The summed E-state index contributed by atoms with van der Waals surface area (Å²) >= 11 is 1.27. The van der Waals surface area contributed by atoms with Crippen molar-refractivity contribution in [3.8, 4) is 11.4 Å². The van der Waals surface area contributed by atoms with E-state index in [1.807, 2.05) is 43.3 Å². The van der Waals surface area contributed by atoms with Crippen molar-refractivity contribution in [2.45, 2.75) is 20.0 Å². The minimum atomic E-state index is -0.302. The highest BCUT2D eigenvalue weighted by molar-refractivity contribution is 7.13. The molecule has 7 nitrogen and oxygen atoms in total. The molecule has 1 aliphatic rings. The normalized spacial score (nSPS) is 13.9. The Kier molecular flexibility index (Phi) is 5.54. The fourth-order valence-corrected chi connectivity index (χ4v) is 4.97. The minimum absolute atomic E-state index is 0.228. The number of hydrogen-bond donors (Lipinski definition) is 1. The molecule has 2 aromatic heterocycles. The standard InChI is InChI=1S/C27H20FN5O2S/c1-2-20(26(34)31-27-32-29-15-36-27)25-21-5-3-4-6-24(21)35-14-17-12-23-16(11-22(17)25)13-30-33(23)19-9-7-18(28)8-10-19/h3-13,15H,2,14H2,1H3,(H,31,32,34). The van der Waals surface area contributed by atoms with Gasteiger partial charge in [0.15, 0.2) is 0 Å². The van der Waals surface area contributed by atoms with Gasteiger partial charge in [-0.2, -0.15) is 5.10 Å². The molecule has 0 saturated carbocycles. The Labute approximate surface area is 209 Å². The zero-order valence-electron chi connectivity index (χ0n) is 19.2. The van der Waals surface area contributed by atoms with Crippen molar-refractivity contribution < 1.29 is 13.9 Å². The highest BCUT2D eigenvalue weighted by Gasteiger charge is 2.26. The average Bonchev–Trinajstić information content (AvgIpc) is 3.52.